The molecule has 2 atom stereocenters. The Morgan fingerprint density at radius 2 is 2.44 bits per heavy atom. The van der Waals surface area contributed by atoms with E-state index in [-0.39, 0.29) is 6.10 Å². The van der Waals surface area contributed by atoms with Gasteiger partial charge in [0.15, 0.2) is 5.82 Å². The van der Waals surface area contributed by atoms with Crippen LogP contribution >= 0.6 is 0 Å². The minimum atomic E-state index is -0.257. The molecule has 16 heavy (non-hydrogen) atoms. The average Bonchev–Trinajstić information content (AvgIpc) is 2.30. The van der Waals surface area contributed by atoms with Crippen LogP contribution in [0.25, 0.3) is 0 Å². The monoisotopic (exact) mass is 221 g/mol. The quantitative estimate of drug-likeness (QED) is 0.789. The first-order valence-electron chi connectivity index (χ1n) is 5.82. The van der Waals surface area contributed by atoms with Crippen LogP contribution in [0.15, 0.2) is 18.3 Å². The maximum atomic E-state index is 9.63. The van der Waals surface area contributed by atoms with Gasteiger partial charge in [-0.15, -0.1) is 0 Å². The van der Waals surface area contributed by atoms with Crippen LogP contribution in [0.5, 0.6) is 0 Å². The zero-order valence-corrected chi connectivity index (χ0v) is 9.63. The second-order valence-corrected chi connectivity index (χ2v) is 4.51. The van der Waals surface area contributed by atoms with Crippen molar-refractivity contribution in [2.24, 2.45) is 5.92 Å². The van der Waals surface area contributed by atoms with Crippen LogP contribution in [0.3, 0.4) is 0 Å². The predicted molar refractivity (Wildman–Crippen MR) is 65.3 cm³/mol. The highest BCUT2D eigenvalue weighted by Crippen LogP contribution is 2.26. The van der Waals surface area contributed by atoms with Crippen LogP contribution in [0.2, 0.25) is 0 Å². The number of anilines is 2. The summed E-state index contributed by atoms with van der Waals surface area (Å²) in [6.07, 6.45) is 3.68. The van der Waals surface area contributed by atoms with Gasteiger partial charge in [-0.1, -0.05) is 0 Å². The van der Waals surface area contributed by atoms with E-state index in [2.05, 4.69) is 9.88 Å². The predicted octanol–water partition coefficient (Wildman–Crippen LogP) is 1.26. The Labute approximate surface area is 96.1 Å². The van der Waals surface area contributed by atoms with Crippen molar-refractivity contribution in [2.75, 3.05) is 23.7 Å². The van der Waals surface area contributed by atoms with E-state index in [0.717, 1.165) is 31.7 Å². The zero-order valence-electron chi connectivity index (χ0n) is 9.63. The molecule has 0 unspecified atom stereocenters. The van der Waals surface area contributed by atoms with Crippen molar-refractivity contribution in [3.05, 3.63) is 18.3 Å². The summed E-state index contributed by atoms with van der Waals surface area (Å²) >= 11 is 0. The Balaban J connectivity index is 2.13. The van der Waals surface area contributed by atoms with Gasteiger partial charge in [-0.05, 0) is 31.9 Å². The van der Waals surface area contributed by atoms with Crippen molar-refractivity contribution in [2.45, 2.75) is 25.9 Å². The lowest BCUT2D eigenvalue weighted by atomic mass is 9.93. The second kappa shape index (κ2) is 4.70. The van der Waals surface area contributed by atoms with Gasteiger partial charge < -0.3 is 15.7 Å². The minimum absolute atomic E-state index is 0.257. The molecule has 0 radical (unpaired) electrons. The van der Waals surface area contributed by atoms with Gasteiger partial charge in [-0.3, -0.25) is 0 Å². The van der Waals surface area contributed by atoms with Gasteiger partial charge in [0.05, 0.1) is 11.8 Å². The van der Waals surface area contributed by atoms with E-state index >= 15 is 0 Å². The lowest BCUT2D eigenvalue weighted by Gasteiger charge is -2.35. The Kier molecular flexibility index (Phi) is 3.29. The van der Waals surface area contributed by atoms with Crippen molar-refractivity contribution >= 4 is 11.5 Å². The van der Waals surface area contributed by atoms with Gasteiger partial charge in [-0.2, -0.15) is 0 Å². The van der Waals surface area contributed by atoms with E-state index in [1.165, 1.54) is 0 Å². The molecule has 0 spiro atoms. The number of hydrogen-bond donors (Lipinski definition) is 2. The number of nitrogen functional groups attached to an aromatic ring is 1. The summed E-state index contributed by atoms with van der Waals surface area (Å²) < 4.78 is 0. The number of aliphatic hydroxyl groups excluding tert-OH is 1. The Bertz CT molecular complexity index is 354. The van der Waals surface area contributed by atoms with Crippen LogP contribution in [0, 0.1) is 5.92 Å². The van der Waals surface area contributed by atoms with Crippen LogP contribution in [-0.4, -0.2) is 29.3 Å². The molecular weight excluding hydrogens is 202 g/mol. The topological polar surface area (TPSA) is 62.4 Å². The summed E-state index contributed by atoms with van der Waals surface area (Å²) in [6.45, 7) is 3.68. The first kappa shape index (κ1) is 11.2. The summed E-state index contributed by atoms with van der Waals surface area (Å²) in [4.78, 5) is 6.49. The molecule has 3 N–H and O–H groups in total. The lowest BCUT2D eigenvalue weighted by molar-refractivity contribution is 0.115. The number of hydrogen-bond acceptors (Lipinski definition) is 4. The summed E-state index contributed by atoms with van der Waals surface area (Å²) in [5.41, 5.74) is 6.62. The number of rotatable bonds is 2. The van der Waals surface area contributed by atoms with Crippen molar-refractivity contribution in [3.8, 4) is 0 Å². The third-order valence-electron chi connectivity index (χ3n) is 3.26. The third kappa shape index (κ3) is 2.27. The molecule has 1 aromatic rings. The van der Waals surface area contributed by atoms with Gasteiger partial charge in [0.25, 0.3) is 0 Å². The highest BCUT2D eigenvalue weighted by molar-refractivity contribution is 5.62. The van der Waals surface area contributed by atoms with E-state index in [1.807, 2.05) is 19.1 Å². The van der Waals surface area contributed by atoms with Gasteiger partial charge in [-0.25, -0.2) is 4.98 Å². The molecule has 4 heteroatoms. The number of aromatic nitrogens is 1. The minimum Gasteiger partial charge on any atom is -0.396 e. The first-order valence-corrected chi connectivity index (χ1v) is 5.82. The molecule has 0 bridgehead atoms. The Hall–Kier alpha value is -1.29. The third-order valence-corrected chi connectivity index (χ3v) is 3.26. The van der Waals surface area contributed by atoms with E-state index < -0.39 is 0 Å². The number of aliphatic hydroxyl groups is 1. The zero-order chi connectivity index (χ0) is 11.5. The Morgan fingerprint density at radius 3 is 3.12 bits per heavy atom. The first-order chi connectivity index (χ1) is 7.68. The Morgan fingerprint density at radius 1 is 1.62 bits per heavy atom. The molecule has 1 aromatic heterocycles. The van der Waals surface area contributed by atoms with Gasteiger partial charge in [0.1, 0.15) is 0 Å². The van der Waals surface area contributed by atoms with Gasteiger partial charge in [0.2, 0.25) is 0 Å². The van der Waals surface area contributed by atoms with Crippen LogP contribution < -0.4 is 10.6 Å². The molecule has 1 aliphatic heterocycles. The summed E-state index contributed by atoms with van der Waals surface area (Å²) in [6, 6.07) is 3.71. The number of nitrogens with two attached hydrogens (primary N) is 1. The maximum Gasteiger partial charge on any atom is 0.151 e. The summed E-state index contributed by atoms with van der Waals surface area (Å²) in [5.74, 6) is 1.18. The number of piperidine rings is 1. The lowest BCUT2D eigenvalue weighted by Crippen LogP contribution is -2.40. The molecule has 2 rings (SSSR count). The SMILES string of the molecule is C[C@@H](O)[C@@H]1CCCN(c2ncccc2N)C1. The largest absolute Gasteiger partial charge is 0.396 e. The molecule has 1 aliphatic rings. The smallest absolute Gasteiger partial charge is 0.151 e. The van der Waals surface area contributed by atoms with E-state index in [9.17, 15) is 5.11 Å². The fraction of sp³-hybridized carbons (Fsp3) is 0.583. The van der Waals surface area contributed by atoms with Crippen molar-refractivity contribution < 1.29 is 5.11 Å². The molecule has 0 saturated carbocycles. The standard InChI is InChI=1S/C12H19N3O/c1-9(16)10-4-3-7-15(8-10)12-11(13)5-2-6-14-12/h2,5-6,9-10,16H,3-4,7-8,13H2,1H3/t9-,10-/m1/s1. The molecule has 1 saturated heterocycles. The van der Waals surface area contributed by atoms with Crippen molar-refractivity contribution in [3.63, 3.8) is 0 Å². The van der Waals surface area contributed by atoms with Crippen LogP contribution in [0.4, 0.5) is 11.5 Å². The van der Waals surface area contributed by atoms with Gasteiger partial charge in [0, 0.05) is 25.2 Å². The summed E-state index contributed by atoms with van der Waals surface area (Å²) in [7, 11) is 0. The molecule has 0 aromatic carbocycles. The highest BCUT2D eigenvalue weighted by Gasteiger charge is 2.24. The van der Waals surface area contributed by atoms with E-state index in [1.54, 1.807) is 6.20 Å². The van der Waals surface area contributed by atoms with Crippen molar-refractivity contribution in [1.29, 1.82) is 0 Å². The number of pyridine rings is 1. The molecule has 88 valence electrons. The normalized spacial score (nSPS) is 23.1. The molecule has 4 nitrogen and oxygen atoms in total. The van der Waals surface area contributed by atoms with Gasteiger partial charge >= 0.3 is 0 Å². The van der Waals surface area contributed by atoms with Crippen LogP contribution in [-0.2, 0) is 0 Å². The maximum absolute atomic E-state index is 9.63. The summed E-state index contributed by atoms with van der Waals surface area (Å²) in [5, 5.41) is 9.63. The average molecular weight is 221 g/mol. The second-order valence-electron chi connectivity index (χ2n) is 4.51. The molecule has 0 aliphatic carbocycles. The molecular formula is C12H19N3O. The highest BCUT2D eigenvalue weighted by atomic mass is 16.3. The molecule has 2 heterocycles. The molecule has 1 fully saturated rings. The van der Waals surface area contributed by atoms with Crippen molar-refractivity contribution in [1.82, 2.24) is 4.98 Å². The number of nitrogens with zero attached hydrogens (tertiary/aromatic N) is 2. The molecule has 0 amide bonds. The van der Waals surface area contributed by atoms with E-state index in [0.29, 0.717) is 11.6 Å². The van der Waals surface area contributed by atoms with Crippen LogP contribution in [0.1, 0.15) is 19.8 Å². The fourth-order valence-corrected chi connectivity index (χ4v) is 2.27. The van der Waals surface area contributed by atoms with E-state index in [4.69, 9.17) is 5.73 Å². The fourth-order valence-electron chi connectivity index (χ4n) is 2.27.